The fraction of sp³-hybridized carbons (Fsp3) is 0.357. The molecule has 0 atom stereocenters. The molecular weight excluding hydrogens is 272 g/mol. The lowest BCUT2D eigenvalue weighted by Crippen LogP contribution is -2.10. The number of aromatic nitrogens is 3. The van der Waals surface area contributed by atoms with E-state index in [0.717, 1.165) is 29.9 Å². The summed E-state index contributed by atoms with van der Waals surface area (Å²) in [6.07, 6.45) is 3.57. The van der Waals surface area contributed by atoms with Crippen molar-refractivity contribution >= 4 is 17.4 Å². The highest BCUT2D eigenvalue weighted by Crippen LogP contribution is 2.19. The van der Waals surface area contributed by atoms with Crippen LogP contribution in [0.25, 0.3) is 0 Å². The molecule has 2 rings (SSSR count). The van der Waals surface area contributed by atoms with Crippen LogP contribution in [0.4, 0.5) is 5.69 Å². The first-order chi connectivity index (χ1) is 9.71. The van der Waals surface area contributed by atoms with Crippen LogP contribution in [0.2, 0.25) is 0 Å². The lowest BCUT2D eigenvalue weighted by Gasteiger charge is -2.05. The Kier molecular flexibility index (Phi) is 5.17. The standard InChI is InChI=1S/C14H18N4OS/c1-3-4-11-8-13(19)18-14(17-11)20-9-12-7-10(15-2)5-6-16-12/h5-8H,3-4,9H2,1-2H3,(H,15,16)(H,17,18,19). The van der Waals surface area contributed by atoms with Gasteiger partial charge in [-0.1, -0.05) is 25.1 Å². The van der Waals surface area contributed by atoms with Crippen molar-refractivity contribution in [2.75, 3.05) is 12.4 Å². The number of hydrogen-bond donors (Lipinski definition) is 2. The number of hydrogen-bond acceptors (Lipinski definition) is 5. The molecule has 0 fully saturated rings. The van der Waals surface area contributed by atoms with Crippen molar-refractivity contribution < 1.29 is 0 Å². The maximum absolute atomic E-state index is 11.6. The number of nitrogens with one attached hydrogen (secondary N) is 2. The van der Waals surface area contributed by atoms with Gasteiger partial charge in [0.1, 0.15) is 0 Å². The van der Waals surface area contributed by atoms with Gasteiger partial charge in [0.25, 0.3) is 5.56 Å². The third kappa shape index (κ3) is 4.09. The number of aromatic amines is 1. The van der Waals surface area contributed by atoms with E-state index in [1.807, 2.05) is 19.2 Å². The van der Waals surface area contributed by atoms with E-state index in [9.17, 15) is 4.79 Å². The summed E-state index contributed by atoms with van der Waals surface area (Å²) in [6.45, 7) is 2.07. The van der Waals surface area contributed by atoms with E-state index in [1.54, 1.807) is 12.3 Å². The number of rotatable bonds is 6. The topological polar surface area (TPSA) is 70.7 Å². The number of H-pyrrole nitrogens is 1. The quantitative estimate of drug-likeness (QED) is 0.631. The van der Waals surface area contributed by atoms with Crippen LogP contribution in [-0.2, 0) is 12.2 Å². The third-order valence-corrected chi connectivity index (χ3v) is 3.65. The Morgan fingerprint density at radius 1 is 1.35 bits per heavy atom. The van der Waals surface area contributed by atoms with Gasteiger partial charge in [0, 0.05) is 36.4 Å². The number of aryl methyl sites for hydroxylation is 1. The molecule has 0 aliphatic rings. The molecule has 0 radical (unpaired) electrons. The number of pyridine rings is 1. The molecule has 20 heavy (non-hydrogen) atoms. The van der Waals surface area contributed by atoms with Crippen molar-refractivity contribution in [3.8, 4) is 0 Å². The molecule has 0 aliphatic heterocycles. The molecule has 2 aromatic rings. The maximum Gasteiger partial charge on any atom is 0.251 e. The first kappa shape index (κ1) is 14.6. The van der Waals surface area contributed by atoms with E-state index >= 15 is 0 Å². The summed E-state index contributed by atoms with van der Waals surface area (Å²) in [5.41, 5.74) is 2.72. The predicted octanol–water partition coefficient (Wildman–Crippen LogP) is 2.45. The van der Waals surface area contributed by atoms with Crippen molar-refractivity contribution in [2.45, 2.75) is 30.7 Å². The zero-order valence-corrected chi connectivity index (χ0v) is 12.5. The van der Waals surface area contributed by atoms with E-state index in [0.29, 0.717) is 10.9 Å². The first-order valence-electron chi connectivity index (χ1n) is 6.57. The Labute approximate surface area is 122 Å². The molecule has 6 heteroatoms. The number of anilines is 1. The zero-order valence-electron chi connectivity index (χ0n) is 11.6. The molecule has 0 spiro atoms. The molecule has 0 aliphatic carbocycles. The SMILES string of the molecule is CCCc1cc(=O)[nH]c(SCc2cc(NC)ccn2)n1. The van der Waals surface area contributed by atoms with Crippen LogP contribution < -0.4 is 10.9 Å². The lowest BCUT2D eigenvalue weighted by molar-refractivity contribution is 0.815. The van der Waals surface area contributed by atoms with E-state index in [2.05, 4.69) is 27.2 Å². The van der Waals surface area contributed by atoms with Gasteiger partial charge in [0.2, 0.25) is 0 Å². The van der Waals surface area contributed by atoms with Gasteiger partial charge in [0.05, 0.1) is 5.69 Å². The van der Waals surface area contributed by atoms with Crippen LogP contribution in [0.1, 0.15) is 24.7 Å². The van der Waals surface area contributed by atoms with Crippen molar-refractivity contribution in [1.29, 1.82) is 0 Å². The monoisotopic (exact) mass is 290 g/mol. The van der Waals surface area contributed by atoms with E-state index in [-0.39, 0.29) is 5.56 Å². The van der Waals surface area contributed by atoms with Gasteiger partial charge in [0.15, 0.2) is 5.16 Å². The summed E-state index contributed by atoms with van der Waals surface area (Å²) >= 11 is 1.49. The van der Waals surface area contributed by atoms with Crippen LogP contribution >= 0.6 is 11.8 Å². The van der Waals surface area contributed by atoms with Crippen LogP contribution in [-0.4, -0.2) is 22.0 Å². The Balaban J connectivity index is 2.08. The molecule has 2 heterocycles. The fourth-order valence-corrected chi connectivity index (χ4v) is 2.59. The Morgan fingerprint density at radius 3 is 2.95 bits per heavy atom. The second kappa shape index (κ2) is 7.09. The molecule has 0 saturated carbocycles. The second-order valence-electron chi connectivity index (χ2n) is 4.37. The minimum absolute atomic E-state index is 0.0946. The zero-order chi connectivity index (χ0) is 14.4. The van der Waals surface area contributed by atoms with Crippen molar-refractivity contribution in [3.05, 3.63) is 46.1 Å². The summed E-state index contributed by atoms with van der Waals surface area (Å²) in [6, 6.07) is 5.46. The summed E-state index contributed by atoms with van der Waals surface area (Å²) in [5.74, 6) is 0.675. The highest BCUT2D eigenvalue weighted by atomic mass is 32.2. The van der Waals surface area contributed by atoms with E-state index < -0.39 is 0 Å². The van der Waals surface area contributed by atoms with Gasteiger partial charge in [-0.2, -0.15) is 0 Å². The Morgan fingerprint density at radius 2 is 2.20 bits per heavy atom. The van der Waals surface area contributed by atoms with E-state index in [1.165, 1.54) is 11.8 Å². The molecular formula is C14H18N4OS. The number of nitrogens with zero attached hydrogens (tertiary/aromatic N) is 2. The van der Waals surface area contributed by atoms with Gasteiger partial charge in [-0.3, -0.25) is 9.78 Å². The van der Waals surface area contributed by atoms with Gasteiger partial charge < -0.3 is 10.3 Å². The minimum atomic E-state index is -0.0946. The number of thioether (sulfide) groups is 1. The normalized spacial score (nSPS) is 10.5. The lowest BCUT2D eigenvalue weighted by atomic mass is 10.2. The Hall–Kier alpha value is -1.82. The molecule has 0 amide bonds. The van der Waals surface area contributed by atoms with Crippen molar-refractivity contribution in [2.24, 2.45) is 0 Å². The summed E-state index contributed by atoms with van der Waals surface area (Å²) in [5, 5.41) is 3.73. The highest BCUT2D eigenvalue weighted by molar-refractivity contribution is 7.98. The second-order valence-corrected chi connectivity index (χ2v) is 5.33. The highest BCUT2D eigenvalue weighted by Gasteiger charge is 2.03. The molecule has 2 aromatic heterocycles. The van der Waals surface area contributed by atoms with E-state index in [4.69, 9.17) is 0 Å². The fourth-order valence-electron chi connectivity index (χ4n) is 1.79. The van der Waals surface area contributed by atoms with Gasteiger partial charge >= 0.3 is 0 Å². The predicted molar refractivity (Wildman–Crippen MR) is 82.2 cm³/mol. The maximum atomic E-state index is 11.6. The molecule has 0 bridgehead atoms. The smallest absolute Gasteiger partial charge is 0.251 e. The molecule has 0 saturated heterocycles. The van der Waals surface area contributed by atoms with Crippen LogP contribution in [0.3, 0.4) is 0 Å². The largest absolute Gasteiger partial charge is 0.388 e. The minimum Gasteiger partial charge on any atom is -0.388 e. The van der Waals surface area contributed by atoms with Gasteiger partial charge in [-0.05, 0) is 18.6 Å². The molecule has 106 valence electrons. The average molecular weight is 290 g/mol. The van der Waals surface area contributed by atoms with Gasteiger partial charge in [-0.15, -0.1) is 0 Å². The summed E-state index contributed by atoms with van der Waals surface area (Å²) in [7, 11) is 1.87. The van der Waals surface area contributed by atoms with Crippen molar-refractivity contribution in [3.63, 3.8) is 0 Å². The molecule has 0 aromatic carbocycles. The third-order valence-electron chi connectivity index (χ3n) is 2.74. The van der Waals surface area contributed by atoms with Crippen LogP contribution in [0, 0.1) is 0 Å². The Bertz CT molecular complexity index is 627. The van der Waals surface area contributed by atoms with Gasteiger partial charge in [-0.25, -0.2) is 4.98 Å². The van der Waals surface area contributed by atoms with Crippen molar-refractivity contribution in [1.82, 2.24) is 15.0 Å². The average Bonchev–Trinajstić information content (AvgIpc) is 2.45. The molecule has 0 unspecified atom stereocenters. The summed E-state index contributed by atoms with van der Waals surface area (Å²) in [4.78, 5) is 23.1. The molecule has 2 N–H and O–H groups in total. The van der Waals surface area contributed by atoms with Crippen LogP contribution in [0.5, 0.6) is 0 Å². The van der Waals surface area contributed by atoms with Crippen LogP contribution in [0.15, 0.2) is 34.3 Å². The molecule has 5 nitrogen and oxygen atoms in total. The summed E-state index contributed by atoms with van der Waals surface area (Å²) < 4.78 is 0. The first-order valence-corrected chi connectivity index (χ1v) is 7.55.